The fraction of sp³-hybridized carbons (Fsp3) is 0.419. The zero-order valence-electron chi connectivity index (χ0n) is 24.1. The second kappa shape index (κ2) is 12.9. The zero-order chi connectivity index (χ0) is 29.8. The smallest absolute Gasteiger partial charge is 0.251 e. The van der Waals surface area contributed by atoms with Gasteiger partial charge in [-0.2, -0.15) is 14.7 Å². The van der Waals surface area contributed by atoms with Gasteiger partial charge < -0.3 is 36.4 Å². The van der Waals surface area contributed by atoms with E-state index in [-0.39, 0.29) is 30.5 Å². The molecule has 4 aromatic rings. The second-order valence-corrected chi connectivity index (χ2v) is 11.1. The highest BCUT2D eigenvalue weighted by atomic mass is 16.7. The van der Waals surface area contributed by atoms with Crippen molar-refractivity contribution in [1.29, 1.82) is 0 Å². The van der Waals surface area contributed by atoms with Crippen molar-refractivity contribution in [2.45, 2.75) is 62.5 Å². The van der Waals surface area contributed by atoms with Crippen LogP contribution in [0.15, 0.2) is 67.0 Å². The van der Waals surface area contributed by atoms with Crippen molar-refractivity contribution in [3.05, 3.63) is 78.1 Å². The molecule has 12 nitrogen and oxygen atoms in total. The molecular weight excluding hydrogens is 548 g/mol. The van der Waals surface area contributed by atoms with E-state index in [2.05, 4.69) is 45.2 Å². The highest BCUT2D eigenvalue weighted by molar-refractivity contribution is 5.84. The van der Waals surface area contributed by atoms with Gasteiger partial charge in [-0.25, -0.2) is 4.98 Å². The van der Waals surface area contributed by atoms with Crippen molar-refractivity contribution in [1.82, 2.24) is 25.0 Å². The Balaban J connectivity index is 1.29. The molecule has 0 spiro atoms. The molecule has 1 amide bonds. The van der Waals surface area contributed by atoms with Crippen LogP contribution in [0.4, 0.5) is 11.8 Å². The number of amides is 1. The molecule has 2 aliphatic rings. The van der Waals surface area contributed by atoms with Crippen LogP contribution in [0.25, 0.3) is 11.2 Å². The third kappa shape index (κ3) is 6.41. The first-order valence-corrected chi connectivity index (χ1v) is 14.9. The molecule has 1 saturated heterocycles. The molecule has 3 heterocycles. The lowest BCUT2D eigenvalue weighted by Gasteiger charge is -2.20. The number of benzene rings is 2. The topological polar surface area (TPSA) is 161 Å². The molecule has 12 heteroatoms. The van der Waals surface area contributed by atoms with Crippen LogP contribution in [0.2, 0.25) is 0 Å². The van der Waals surface area contributed by atoms with Gasteiger partial charge in [-0.15, -0.1) is 0 Å². The lowest BCUT2D eigenvalue weighted by molar-refractivity contribution is -0.134. The number of aliphatic hydroxyl groups excluding tert-OH is 1. The number of hydrogen-bond donors (Lipinski definition) is 5. The van der Waals surface area contributed by atoms with E-state index in [1.54, 1.807) is 0 Å². The number of ether oxygens (including phenoxy) is 1. The van der Waals surface area contributed by atoms with Crippen molar-refractivity contribution in [2.24, 2.45) is 5.73 Å². The lowest BCUT2D eigenvalue weighted by Crippen LogP contribution is -2.45. The van der Waals surface area contributed by atoms with Crippen LogP contribution in [-0.2, 0) is 9.53 Å². The van der Waals surface area contributed by atoms with Crippen molar-refractivity contribution >= 4 is 28.8 Å². The van der Waals surface area contributed by atoms with Crippen LogP contribution < -0.4 is 26.5 Å². The molecule has 6 rings (SSSR count). The van der Waals surface area contributed by atoms with E-state index in [0.29, 0.717) is 36.0 Å². The molecule has 1 saturated carbocycles. The number of likely N-dealkylation sites (N-methyl/N-ethyl adjacent to an activating group) is 1. The van der Waals surface area contributed by atoms with Crippen LogP contribution in [0.1, 0.15) is 43.2 Å². The summed E-state index contributed by atoms with van der Waals surface area (Å²) in [6.45, 7) is 2.85. The zero-order valence-corrected chi connectivity index (χ0v) is 24.1. The number of aliphatic hydroxyl groups is 1. The van der Waals surface area contributed by atoms with Crippen LogP contribution in [-0.4, -0.2) is 80.8 Å². The van der Waals surface area contributed by atoms with E-state index >= 15 is 0 Å². The van der Waals surface area contributed by atoms with E-state index in [1.807, 2.05) is 43.3 Å². The normalized spacial score (nSPS) is 23.5. The molecule has 226 valence electrons. The largest absolute Gasteiger partial charge is 0.402 e. The van der Waals surface area contributed by atoms with Gasteiger partial charge in [0, 0.05) is 31.1 Å². The maximum Gasteiger partial charge on any atom is 0.251 e. The van der Waals surface area contributed by atoms with E-state index in [4.69, 9.17) is 25.3 Å². The van der Waals surface area contributed by atoms with Gasteiger partial charge in [0.05, 0.1) is 6.61 Å². The molecule has 1 aliphatic heterocycles. The van der Waals surface area contributed by atoms with Gasteiger partial charge in [-0.1, -0.05) is 60.7 Å². The van der Waals surface area contributed by atoms with E-state index in [1.165, 1.54) is 22.2 Å². The number of anilines is 2. The molecule has 0 bridgehead atoms. The molecule has 2 unspecified atom stereocenters. The Bertz CT molecular complexity index is 1480. The van der Waals surface area contributed by atoms with Crippen LogP contribution >= 0.6 is 0 Å². The summed E-state index contributed by atoms with van der Waals surface area (Å²) < 4.78 is 6.97. The van der Waals surface area contributed by atoms with E-state index < -0.39 is 18.3 Å². The Hall–Kier alpha value is -4.26. The van der Waals surface area contributed by atoms with Gasteiger partial charge in [-0.05, 0) is 37.3 Å². The highest BCUT2D eigenvalue weighted by Crippen LogP contribution is 2.28. The number of nitrogens with two attached hydrogens (primary N) is 1. The number of rotatable bonds is 11. The highest BCUT2D eigenvalue weighted by Gasteiger charge is 2.42. The van der Waals surface area contributed by atoms with Crippen molar-refractivity contribution < 1.29 is 19.5 Å². The average Bonchev–Trinajstić information content (AvgIpc) is 3.73. The minimum Gasteiger partial charge on any atom is -0.402 e. The summed E-state index contributed by atoms with van der Waals surface area (Å²) in [6, 6.07) is 21.0. The predicted octanol–water partition coefficient (Wildman–Crippen LogP) is 2.06. The monoisotopic (exact) mass is 586 g/mol. The standard InChI is InChI=1S/C31H38N8O4/c1-2-33-30(41)27-26(40)24(17-42-27)43-39-18-35-25-28(37-31(38-29(25)39)36-22-14-13-21(32)15-22)34-16-23(19-9-5-3-6-10-19)20-11-7-4-8-12-20/h3-12,18,21-24,26-27,40H,2,13-17,32H2,1H3,(H,33,41)(H2,34,36,37,38)/t21?,22?,24-,26-,27-/m0/s1. The average molecular weight is 587 g/mol. The van der Waals surface area contributed by atoms with E-state index in [9.17, 15) is 9.90 Å². The Kier molecular flexibility index (Phi) is 8.68. The van der Waals surface area contributed by atoms with E-state index in [0.717, 1.165) is 19.3 Å². The van der Waals surface area contributed by atoms with Crippen LogP contribution in [0, 0.1) is 0 Å². The van der Waals surface area contributed by atoms with Gasteiger partial charge >= 0.3 is 0 Å². The molecule has 2 aromatic carbocycles. The maximum atomic E-state index is 12.3. The summed E-state index contributed by atoms with van der Waals surface area (Å²) in [5, 5.41) is 20.5. The number of hydrogen-bond acceptors (Lipinski definition) is 10. The summed E-state index contributed by atoms with van der Waals surface area (Å²) in [5.74, 6) is 0.668. The summed E-state index contributed by atoms with van der Waals surface area (Å²) in [6.07, 6.45) is 1.24. The summed E-state index contributed by atoms with van der Waals surface area (Å²) in [7, 11) is 0. The van der Waals surface area contributed by atoms with Gasteiger partial charge in [0.15, 0.2) is 23.5 Å². The van der Waals surface area contributed by atoms with Crippen LogP contribution in [0.5, 0.6) is 0 Å². The number of carbonyl (C=O) groups excluding carboxylic acids is 1. The number of fused-ring (bicyclic) bond motifs is 1. The van der Waals surface area contributed by atoms with Gasteiger partial charge in [0.1, 0.15) is 12.4 Å². The Labute approximate surface area is 250 Å². The Morgan fingerprint density at radius 1 is 1.12 bits per heavy atom. The molecule has 6 N–H and O–H groups in total. The molecule has 43 heavy (non-hydrogen) atoms. The number of imidazole rings is 1. The fourth-order valence-electron chi connectivity index (χ4n) is 5.81. The molecule has 2 fully saturated rings. The van der Waals surface area contributed by atoms with Gasteiger partial charge in [0.25, 0.3) is 5.91 Å². The molecule has 1 aliphatic carbocycles. The first-order chi connectivity index (χ1) is 21.0. The second-order valence-electron chi connectivity index (χ2n) is 11.1. The van der Waals surface area contributed by atoms with Crippen molar-refractivity contribution in [3.63, 3.8) is 0 Å². The summed E-state index contributed by atoms with van der Waals surface area (Å²) in [5.41, 5.74) is 9.45. The molecule has 5 atom stereocenters. The SMILES string of the molecule is CCNC(=O)[C@H]1OC[C@H](On2cnc3c(NCC(c4ccccc4)c4ccccc4)nc(NC4CCC(N)C4)nc32)[C@@H]1O. The fourth-order valence-corrected chi connectivity index (χ4v) is 5.81. The molecular formula is C31H38N8O4. The van der Waals surface area contributed by atoms with Crippen LogP contribution in [0.3, 0.4) is 0 Å². The van der Waals surface area contributed by atoms with Crippen molar-refractivity contribution in [2.75, 3.05) is 30.3 Å². The number of aromatic nitrogens is 4. The Morgan fingerprint density at radius 2 is 1.84 bits per heavy atom. The molecule has 0 radical (unpaired) electrons. The number of nitrogens with one attached hydrogen (secondary N) is 3. The predicted molar refractivity (Wildman–Crippen MR) is 163 cm³/mol. The third-order valence-corrected chi connectivity index (χ3v) is 8.04. The first-order valence-electron chi connectivity index (χ1n) is 14.9. The summed E-state index contributed by atoms with van der Waals surface area (Å²) >= 11 is 0. The van der Waals surface area contributed by atoms with Gasteiger partial charge in [0.2, 0.25) is 11.6 Å². The number of nitrogens with zero attached hydrogens (tertiary/aromatic N) is 4. The van der Waals surface area contributed by atoms with Gasteiger partial charge in [-0.3, -0.25) is 4.79 Å². The Morgan fingerprint density at radius 3 is 2.49 bits per heavy atom. The summed E-state index contributed by atoms with van der Waals surface area (Å²) in [4.78, 5) is 32.6. The number of carbonyl (C=O) groups is 1. The van der Waals surface area contributed by atoms with Crippen molar-refractivity contribution in [3.8, 4) is 0 Å². The molecule has 2 aromatic heterocycles. The minimum absolute atomic E-state index is 0.0414. The third-order valence-electron chi connectivity index (χ3n) is 8.04. The quantitative estimate of drug-likeness (QED) is 0.176. The first kappa shape index (κ1) is 28.8. The lowest BCUT2D eigenvalue weighted by atomic mass is 9.91. The minimum atomic E-state index is -1.15. The maximum absolute atomic E-state index is 12.3.